The Hall–Kier alpha value is -1.89. The van der Waals surface area contributed by atoms with Crippen LogP contribution in [0, 0.1) is 23.5 Å². The molecule has 2 fully saturated rings. The molecule has 0 aliphatic carbocycles. The molecule has 2 N–H and O–H groups in total. The average Bonchev–Trinajstić information content (AvgIpc) is 3.15. The topological polar surface area (TPSA) is 47.6 Å². The van der Waals surface area contributed by atoms with Crippen molar-refractivity contribution in [3.63, 3.8) is 0 Å². The average molecular weight is 395 g/mol. The Labute approximate surface area is 166 Å². The number of amides is 2. The van der Waals surface area contributed by atoms with E-state index in [1.165, 1.54) is 18.9 Å². The lowest BCUT2D eigenvalue weighted by Gasteiger charge is -2.35. The monoisotopic (exact) mass is 394 g/mol. The molecule has 28 heavy (non-hydrogen) atoms. The highest BCUT2D eigenvalue weighted by molar-refractivity contribution is 5.73. The maximum Gasteiger partial charge on any atom is 0.314 e. The number of benzene rings is 1. The predicted molar refractivity (Wildman–Crippen MR) is 108 cm³/mol. The van der Waals surface area contributed by atoms with Gasteiger partial charge in [0.2, 0.25) is 0 Å². The number of carbonyl (C=O) groups is 1. The van der Waals surface area contributed by atoms with E-state index in [9.17, 15) is 13.6 Å². The molecule has 0 saturated carbocycles. The summed E-state index contributed by atoms with van der Waals surface area (Å²) in [4.78, 5) is 16.6. The third-order valence-corrected chi connectivity index (χ3v) is 5.98. The second-order valence-corrected chi connectivity index (χ2v) is 8.38. The molecule has 0 spiro atoms. The zero-order valence-electron chi connectivity index (χ0n) is 16.9. The summed E-state index contributed by atoms with van der Waals surface area (Å²) >= 11 is 0. The Morgan fingerprint density at radius 2 is 2.00 bits per heavy atom. The molecule has 1 aromatic rings. The smallest absolute Gasteiger partial charge is 0.314 e. The van der Waals surface area contributed by atoms with Crippen molar-refractivity contribution in [3.05, 3.63) is 29.8 Å². The van der Waals surface area contributed by atoms with E-state index < -0.39 is 11.6 Å². The number of nitrogens with zero attached hydrogens (tertiary/aromatic N) is 2. The summed E-state index contributed by atoms with van der Waals surface area (Å²) in [5.74, 6) is -0.620. The second-order valence-electron chi connectivity index (χ2n) is 8.38. The highest BCUT2D eigenvalue weighted by Gasteiger charge is 2.24. The van der Waals surface area contributed by atoms with Gasteiger partial charge in [-0.15, -0.1) is 0 Å². The number of carbonyl (C=O) groups excluding carboxylic acids is 1. The van der Waals surface area contributed by atoms with E-state index in [4.69, 9.17) is 0 Å². The van der Waals surface area contributed by atoms with Crippen LogP contribution in [0.2, 0.25) is 0 Å². The first-order chi connectivity index (χ1) is 13.4. The molecule has 0 radical (unpaired) electrons. The predicted octanol–water partition coefficient (Wildman–Crippen LogP) is 3.21. The van der Waals surface area contributed by atoms with Crippen LogP contribution in [0.15, 0.2) is 18.2 Å². The number of nitrogens with one attached hydrogen (secondary N) is 2. The van der Waals surface area contributed by atoms with Crippen molar-refractivity contribution in [2.24, 2.45) is 11.8 Å². The van der Waals surface area contributed by atoms with Gasteiger partial charge in [0.1, 0.15) is 0 Å². The van der Waals surface area contributed by atoms with E-state index in [2.05, 4.69) is 29.4 Å². The van der Waals surface area contributed by atoms with E-state index in [-0.39, 0.29) is 6.03 Å². The van der Waals surface area contributed by atoms with Crippen LogP contribution in [0.4, 0.5) is 19.3 Å². The Bertz CT molecular complexity index is 672. The molecule has 0 unspecified atom stereocenters. The lowest BCUT2D eigenvalue weighted by Crippen LogP contribution is -2.48. The maximum absolute atomic E-state index is 13.4. The summed E-state index contributed by atoms with van der Waals surface area (Å²) in [7, 11) is 0. The molecule has 2 saturated heterocycles. The molecule has 1 aromatic carbocycles. The normalized spacial score (nSPS) is 24.2. The molecule has 0 aromatic heterocycles. The van der Waals surface area contributed by atoms with Crippen molar-refractivity contribution in [2.45, 2.75) is 39.2 Å². The number of hydrogen-bond acceptors (Lipinski definition) is 3. The highest BCUT2D eigenvalue weighted by Crippen LogP contribution is 2.25. The van der Waals surface area contributed by atoms with Crippen molar-refractivity contribution < 1.29 is 13.6 Å². The fourth-order valence-corrected chi connectivity index (χ4v) is 4.21. The third kappa shape index (κ3) is 5.56. The van der Waals surface area contributed by atoms with Crippen LogP contribution >= 0.6 is 0 Å². The van der Waals surface area contributed by atoms with E-state index in [0.29, 0.717) is 30.7 Å². The summed E-state index contributed by atoms with van der Waals surface area (Å²) in [6, 6.07) is 4.20. The van der Waals surface area contributed by atoms with Gasteiger partial charge in [0.25, 0.3) is 0 Å². The molecule has 2 heterocycles. The zero-order valence-corrected chi connectivity index (χ0v) is 16.9. The summed E-state index contributed by atoms with van der Waals surface area (Å²) < 4.78 is 26.5. The summed E-state index contributed by atoms with van der Waals surface area (Å²) in [5, 5.41) is 5.93. The lowest BCUT2D eigenvalue weighted by atomic mass is 9.99. The van der Waals surface area contributed by atoms with Crippen LogP contribution in [0.1, 0.15) is 33.1 Å². The molecule has 7 heteroatoms. The molecule has 156 valence electrons. The molecule has 3 rings (SSSR count). The Morgan fingerprint density at radius 1 is 1.18 bits per heavy atom. The van der Waals surface area contributed by atoms with Gasteiger partial charge in [-0.3, -0.25) is 4.90 Å². The van der Waals surface area contributed by atoms with Gasteiger partial charge in [-0.05, 0) is 56.7 Å². The van der Waals surface area contributed by atoms with Crippen LogP contribution < -0.4 is 15.5 Å². The largest absolute Gasteiger partial charge is 0.371 e. The maximum atomic E-state index is 13.4. The van der Waals surface area contributed by atoms with Gasteiger partial charge in [0.15, 0.2) is 11.6 Å². The number of anilines is 1. The Morgan fingerprint density at radius 3 is 2.75 bits per heavy atom. The summed E-state index contributed by atoms with van der Waals surface area (Å²) in [6.07, 6.45) is 3.44. The Kier molecular flexibility index (Phi) is 7.10. The standard InChI is InChI=1S/C21H32F2N4O/c1-15-4-3-8-26(13-15)16(2)11-24-21(28)25-12-17-7-9-27(14-17)18-5-6-19(22)20(23)10-18/h5-6,10,15-17H,3-4,7-9,11-14H2,1-2H3,(H2,24,25,28)/t15-,16-,17+/m1/s1. The van der Waals surface area contributed by atoms with Gasteiger partial charge < -0.3 is 15.5 Å². The van der Waals surface area contributed by atoms with Crippen molar-refractivity contribution in [1.82, 2.24) is 15.5 Å². The van der Waals surface area contributed by atoms with Crippen molar-refractivity contribution >= 4 is 11.7 Å². The highest BCUT2D eigenvalue weighted by atomic mass is 19.2. The van der Waals surface area contributed by atoms with Gasteiger partial charge in [-0.25, -0.2) is 13.6 Å². The van der Waals surface area contributed by atoms with Crippen molar-refractivity contribution in [2.75, 3.05) is 44.2 Å². The molecule has 3 atom stereocenters. The SMILES string of the molecule is C[C@@H]1CCCN([C@H](C)CNC(=O)NC[C@@H]2CCN(c3ccc(F)c(F)c3)C2)C1. The fourth-order valence-electron chi connectivity index (χ4n) is 4.21. The first-order valence-corrected chi connectivity index (χ1v) is 10.4. The van der Waals surface area contributed by atoms with Crippen LogP contribution in [0.3, 0.4) is 0 Å². The molecule has 5 nitrogen and oxygen atoms in total. The number of halogens is 2. The molecule has 0 bridgehead atoms. The minimum atomic E-state index is -0.828. The van der Waals surface area contributed by atoms with Gasteiger partial charge in [0.05, 0.1) is 0 Å². The molecule has 2 aliphatic rings. The van der Waals surface area contributed by atoms with E-state index >= 15 is 0 Å². The third-order valence-electron chi connectivity index (χ3n) is 5.98. The zero-order chi connectivity index (χ0) is 20.1. The van der Waals surface area contributed by atoms with Gasteiger partial charge in [-0.1, -0.05) is 6.92 Å². The van der Waals surface area contributed by atoms with Crippen LogP contribution in [0.25, 0.3) is 0 Å². The fraction of sp³-hybridized carbons (Fsp3) is 0.667. The number of urea groups is 1. The summed E-state index contributed by atoms with van der Waals surface area (Å²) in [5.41, 5.74) is 0.690. The number of piperidine rings is 1. The number of likely N-dealkylation sites (tertiary alicyclic amines) is 1. The summed E-state index contributed by atoms with van der Waals surface area (Å²) in [6.45, 7) is 9.39. The molecule has 2 aliphatic heterocycles. The first-order valence-electron chi connectivity index (χ1n) is 10.4. The Balaban J connectivity index is 1.36. The van der Waals surface area contributed by atoms with Gasteiger partial charge >= 0.3 is 6.03 Å². The second kappa shape index (κ2) is 9.54. The van der Waals surface area contributed by atoms with Crippen LogP contribution in [-0.4, -0.2) is 56.2 Å². The van der Waals surface area contributed by atoms with Crippen LogP contribution in [0.5, 0.6) is 0 Å². The van der Waals surface area contributed by atoms with Crippen LogP contribution in [-0.2, 0) is 0 Å². The van der Waals surface area contributed by atoms with Crippen molar-refractivity contribution in [1.29, 1.82) is 0 Å². The van der Waals surface area contributed by atoms with E-state index in [1.54, 1.807) is 6.07 Å². The lowest BCUT2D eigenvalue weighted by molar-refractivity contribution is 0.137. The van der Waals surface area contributed by atoms with E-state index in [0.717, 1.165) is 44.6 Å². The van der Waals surface area contributed by atoms with Gasteiger partial charge in [-0.2, -0.15) is 0 Å². The van der Waals surface area contributed by atoms with E-state index in [1.807, 2.05) is 4.90 Å². The minimum absolute atomic E-state index is 0.136. The molecular formula is C21H32F2N4O. The quantitative estimate of drug-likeness (QED) is 0.779. The van der Waals surface area contributed by atoms with Gasteiger partial charge in [0, 0.05) is 50.5 Å². The minimum Gasteiger partial charge on any atom is -0.371 e. The van der Waals surface area contributed by atoms with Crippen molar-refractivity contribution in [3.8, 4) is 0 Å². The number of hydrogen-bond donors (Lipinski definition) is 2. The number of rotatable bonds is 6. The molecular weight excluding hydrogens is 362 g/mol. The first kappa shape index (κ1) is 20.8. The molecule has 2 amide bonds.